The molecule has 4 nitrogen and oxygen atoms in total. The number of benzene rings is 1. The molecule has 2 unspecified atom stereocenters. The second-order valence-electron chi connectivity index (χ2n) is 4.62. The second kappa shape index (κ2) is 5.19. The van der Waals surface area contributed by atoms with Crippen molar-refractivity contribution in [1.82, 2.24) is 0 Å². The van der Waals surface area contributed by atoms with E-state index >= 15 is 0 Å². The first-order valence-corrected chi connectivity index (χ1v) is 5.68. The molecule has 0 heterocycles. The van der Waals surface area contributed by atoms with Crippen LogP contribution in [-0.4, -0.2) is 21.7 Å². The van der Waals surface area contributed by atoms with Crippen molar-refractivity contribution in [2.75, 3.05) is 0 Å². The normalized spacial score (nSPS) is 16.2. The van der Waals surface area contributed by atoms with Gasteiger partial charge in [0.05, 0.1) is 0 Å². The van der Waals surface area contributed by atoms with E-state index in [9.17, 15) is 9.90 Å². The van der Waals surface area contributed by atoms with E-state index in [0.29, 0.717) is 6.42 Å². The van der Waals surface area contributed by atoms with Crippen LogP contribution in [0.25, 0.3) is 0 Å². The maximum atomic E-state index is 11.0. The van der Waals surface area contributed by atoms with Gasteiger partial charge in [-0.2, -0.15) is 0 Å². The number of nitrogens with two attached hydrogens (primary N) is 1. The van der Waals surface area contributed by atoms with Crippen LogP contribution in [0.5, 0.6) is 5.75 Å². The molecule has 0 fully saturated rings. The van der Waals surface area contributed by atoms with Crippen LogP contribution < -0.4 is 5.73 Å². The Hall–Kier alpha value is -1.55. The average Bonchev–Trinajstić information content (AvgIpc) is 2.27. The van der Waals surface area contributed by atoms with Crippen LogP contribution in [-0.2, 0) is 4.79 Å². The highest BCUT2D eigenvalue weighted by molar-refractivity contribution is 5.77. The lowest BCUT2D eigenvalue weighted by Gasteiger charge is -2.25. The van der Waals surface area contributed by atoms with Crippen LogP contribution in [0.4, 0.5) is 0 Å². The summed E-state index contributed by atoms with van der Waals surface area (Å²) in [5.41, 5.74) is 5.53. The van der Waals surface area contributed by atoms with E-state index in [0.717, 1.165) is 12.0 Å². The minimum atomic E-state index is -1.22. The smallest absolute Gasteiger partial charge is 0.323 e. The molecule has 1 aromatic carbocycles. The first-order valence-electron chi connectivity index (χ1n) is 5.68. The molecule has 4 heteroatoms. The quantitative estimate of drug-likeness (QED) is 0.732. The number of carboxylic acids is 1. The van der Waals surface area contributed by atoms with Crippen LogP contribution in [0.1, 0.15) is 38.2 Å². The number of aliphatic carboxylic acids is 1. The molecular weight excluding hydrogens is 218 g/mol. The molecule has 1 rings (SSSR count). The Morgan fingerprint density at radius 1 is 1.41 bits per heavy atom. The second-order valence-corrected chi connectivity index (χ2v) is 4.62. The molecule has 0 aliphatic heterocycles. The highest BCUT2D eigenvalue weighted by Gasteiger charge is 2.31. The third-order valence-electron chi connectivity index (χ3n) is 3.02. The molecule has 4 N–H and O–H groups in total. The van der Waals surface area contributed by atoms with E-state index in [-0.39, 0.29) is 11.7 Å². The molecule has 0 bridgehead atoms. The van der Waals surface area contributed by atoms with Crippen molar-refractivity contribution in [2.24, 2.45) is 5.73 Å². The average molecular weight is 237 g/mol. The van der Waals surface area contributed by atoms with Gasteiger partial charge < -0.3 is 15.9 Å². The summed E-state index contributed by atoms with van der Waals surface area (Å²) >= 11 is 0. The third kappa shape index (κ3) is 3.46. The minimum absolute atomic E-state index is 0.0849. The van der Waals surface area contributed by atoms with E-state index < -0.39 is 11.5 Å². The zero-order valence-electron chi connectivity index (χ0n) is 10.2. The van der Waals surface area contributed by atoms with Crippen molar-refractivity contribution in [3.63, 3.8) is 0 Å². The minimum Gasteiger partial charge on any atom is -0.508 e. The molecular formula is C13H19NO3. The van der Waals surface area contributed by atoms with Gasteiger partial charge in [0, 0.05) is 0 Å². The van der Waals surface area contributed by atoms with Crippen molar-refractivity contribution in [3.05, 3.63) is 29.8 Å². The van der Waals surface area contributed by atoms with Gasteiger partial charge in [-0.1, -0.05) is 19.1 Å². The van der Waals surface area contributed by atoms with Gasteiger partial charge in [-0.05, 0) is 43.4 Å². The van der Waals surface area contributed by atoms with E-state index in [1.54, 1.807) is 24.3 Å². The molecule has 0 spiro atoms. The number of phenols is 1. The summed E-state index contributed by atoms with van der Waals surface area (Å²) in [6, 6.07) is 6.82. The Morgan fingerprint density at radius 3 is 2.35 bits per heavy atom. The molecule has 0 amide bonds. The fourth-order valence-corrected chi connectivity index (χ4v) is 1.84. The number of rotatable bonds is 5. The number of hydrogen-bond acceptors (Lipinski definition) is 3. The van der Waals surface area contributed by atoms with Crippen molar-refractivity contribution >= 4 is 5.97 Å². The standard InChI is InChI=1S/C13H19NO3/c1-3-9(8-13(2,14)12(16)17)10-4-6-11(15)7-5-10/h4-7,9,15H,3,8,14H2,1-2H3,(H,16,17). The van der Waals surface area contributed by atoms with Crippen molar-refractivity contribution < 1.29 is 15.0 Å². The molecule has 1 aromatic rings. The molecule has 0 radical (unpaired) electrons. The lowest BCUT2D eigenvalue weighted by molar-refractivity contribution is -0.143. The Kier molecular flexibility index (Phi) is 4.12. The summed E-state index contributed by atoms with van der Waals surface area (Å²) in [5, 5.41) is 18.2. The molecule has 0 aliphatic rings. The van der Waals surface area contributed by atoms with Crippen molar-refractivity contribution in [2.45, 2.75) is 38.1 Å². The van der Waals surface area contributed by atoms with E-state index in [1.165, 1.54) is 6.92 Å². The first kappa shape index (κ1) is 13.5. The fraction of sp³-hybridized carbons (Fsp3) is 0.462. The van der Waals surface area contributed by atoms with Crippen LogP contribution in [0.3, 0.4) is 0 Å². The number of carbonyl (C=O) groups is 1. The summed E-state index contributed by atoms with van der Waals surface area (Å²) in [6.07, 6.45) is 1.19. The monoisotopic (exact) mass is 237 g/mol. The lowest BCUT2D eigenvalue weighted by atomic mass is 9.84. The Labute approximate surface area is 101 Å². The molecule has 0 aromatic heterocycles. The van der Waals surface area contributed by atoms with Gasteiger partial charge in [-0.25, -0.2) is 0 Å². The molecule has 0 saturated carbocycles. The van der Waals surface area contributed by atoms with Gasteiger partial charge in [0.1, 0.15) is 11.3 Å². The fourth-order valence-electron chi connectivity index (χ4n) is 1.84. The summed E-state index contributed by atoms with van der Waals surface area (Å²) < 4.78 is 0. The molecule has 17 heavy (non-hydrogen) atoms. The van der Waals surface area contributed by atoms with Gasteiger partial charge in [-0.15, -0.1) is 0 Å². The highest BCUT2D eigenvalue weighted by Crippen LogP contribution is 2.29. The van der Waals surface area contributed by atoms with Crippen LogP contribution in [0.2, 0.25) is 0 Å². The Bertz CT molecular complexity index is 384. The molecule has 2 atom stereocenters. The van der Waals surface area contributed by atoms with Crippen LogP contribution >= 0.6 is 0 Å². The molecule has 0 aliphatic carbocycles. The van der Waals surface area contributed by atoms with Gasteiger partial charge >= 0.3 is 5.97 Å². The Morgan fingerprint density at radius 2 is 1.94 bits per heavy atom. The number of phenolic OH excluding ortho intramolecular Hbond substituents is 1. The largest absolute Gasteiger partial charge is 0.508 e. The topological polar surface area (TPSA) is 83.6 Å². The SMILES string of the molecule is CCC(CC(C)(N)C(=O)O)c1ccc(O)cc1. The maximum Gasteiger partial charge on any atom is 0.323 e. The van der Waals surface area contributed by atoms with E-state index in [4.69, 9.17) is 10.8 Å². The summed E-state index contributed by atoms with van der Waals surface area (Å²) in [6.45, 7) is 3.52. The molecule has 94 valence electrons. The Balaban J connectivity index is 2.86. The van der Waals surface area contributed by atoms with Crippen LogP contribution in [0, 0.1) is 0 Å². The van der Waals surface area contributed by atoms with Gasteiger partial charge in [0.25, 0.3) is 0 Å². The maximum absolute atomic E-state index is 11.0. The van der Waals surface area contributed by atoms with E-state index in [2.05, 4.69) is 0 Å². The number of carboxylic acid groups (broad SMARTS) is 1. The summed E-state index contributed by atoms with van der Waals surface area (Å²) in [5.74, 6) is -0.700. The molecule has 0 saturated heterocycles. The van der Waals surface area contributed by atoms with Crippen molar-refractivity contribution in [1.29, 1.82) is 0 Å². The predicted octanol–water partition coefficient (Wildman–Crippen LogP) is 2.08. The van der Waals surface area contributed by atoms with Gasteiger partial charge in [0.15, 0.2) is 0 Å². The number of hydrogen-bond donors (Lipinski definition) is 3. The van der Waals surface area contributed by atoms with Gasteiger partial charge in [0.2, 0.25) is 0 Å². The van der Waals surface area contributed by atoms with Crippen LogP contribution in [0.15, 0.2) is 24.3 Å². The lowest BCUT2D eigenvalue weighted by Crippen LogP contribution is -2.45. The van der Waals surface area contributed by atoms with Crippen molar-refractivity contribution in [3.8, 4) is 5.75 Å². The highest BCUT2D eigenvalue weighted by atomic mass is 16.4. The van der Waals surface area contributed by atoms with Gasteiger partial charge in [-0.3, -0.25) is 4.79 Å². The predicted molar refractivity (Wildman–Crippen MR) is 66.0 cm³/mol. The third-order valence-corrected chi connectivity index (χ3v) is 3.02. The first-order chi connectivity index (χ1) is 7.86. The summed E-state index contributed by atoms with van der Waals surface area (Å²) in [4.78, 5) is 11.0. The van der Waals surface area contributed by atoms with E-state index in [1.807, 2.05) is 6.92 Å². The number of aromatic hydroxyl groups is 1. The zero-order valence-corrected chi connectivity index (χ0v) is 10.2. The zero-order chi connectivity index (χ0) is 13.1. The summed E-state index contributed by atoms with van der Waals surface area (Å²) in [7, 11) is 0.